The van der Waals surface area contributed by atoms with E-state index in [4.69, 9.17) is 25.8 Å². The number of benzene rings is 2. The smallest absolute Gasteiger partial charge is 0.330 e. The zero-order valence-corrected chi connectivity index (χ0v) is 30.7. The SMILES string of the molecule is COCC1(O)CN(C(=O)NS2(=O)=NC(=O)c3ccc4c(c3)N(Cc3ccc(Cl)cc3CCCCO4)C[C@@H]3CC[C@H]3[C@@H](OC)/C=C/C[C@H](C)C2)C1. The van der Waals surface area contributed by atoms with Crippen LogP contribution < -0.4 is 14.4 Å². The summed E-state index contributed by atoms with van der Waals surface area (Å²) in [7, 11) is -0.352. The van der Waals surface area contributed by atoms with Crippen molar-refractivity contribution in [3.05, 3.63) is 70.3 Å². The van der Waals surface area contributed by atoms with Gasteiger partial charge in [-0.15, -0.1) is 4.36 Å². The van der Waals surface area contributed by atoms with Crippen molar-refractivity contribution in [2.45, 2.75) is 63.7 Å². The number of β-amino-alcohol motifs (C(OH)–C–C–N with tert-alkyl or cyclic N) is 1. The first-order valence-electron chi connectivity index (χ1n) is 17.5. The highest BCUT2D eigenvalue weighted by molar-refractivity contribution is 7.92. The number of fused-ring (bicyclic) bond motifs is 3. The topological polar surface area (TPSA) is 130 Å². The molecule has 2 bridgehead atoms. The van der Waals surface area contributed by atoms with Gasteiger partial charge in [-0.25, -0.2) is 9.00 Å². The Bertz CT molecular complexity index is 1720. The Kier molecular flexibility index (Phi) is 11.4. The summed E-state index contributed by atoms with van der Waals surface area (Å²) in [5.41, 5.74) is 2.21. The van der Waals surface area contributed by atoms with Gasteiger partial charge < -0.3 is 29.1 Å². The average Bonchev–Trinajstić information content (AvgIpc) is 3.07. The third-order valence-electron chi connectivity index (χ3n) is 10.3. The first kappa shape index (κ1) is 36.6. The van der Waals surface area contributed by atoms with Crippen LogP contribution in [0.15, 0.2) is 52.9 Å². The van der Waals surface area contributed by atoms with Crippen LogP contribution in [0, 0.1) is 17.8 Å². The van der Waals surface area contributed by atoms with Crippen molar-refractivity contribution in [3.8, 4) is 5.75 Å². The molecule has 1 unspecified atom stereocenters. The van der Waals surface area contributed by atoms with Gasteiger partial charge in [0.25, 0.3) is 5.91 Å². The van der Waals surface area contributed by atoms with Crippen LogP contribution >= 0.6 is 11.6 Å². The van der Waals surface area contributed by atoms with Gasteiger partial charge in [0.1, 0.15) is 21.3 Å². The monoisotopic (exact) mass is 728 g/mol. The number of amides is 3. The van der Waals surface area contributed by atoms with E-state index in [0.29, 0.717) is 42.2 Å². The number of allylic oxidation sites excluding steroid dienone is 1. The normalized spacial score (nSPS) is 29.0. The van der Waals surface area contributed by atoms with Gasteiger partial charge in [0, 0.05) is 37.9 Å². The van der Waals surface area contributed by atoms with E-state index in [0.717, 1.165) is 44.3 Å². The minimum absolute atomic E-state index is 0.0188. The number of hydrogen-bond acceptors (Lipinski definition) is 8. The Hall–Kier alpha value is -3.16. The molecule has 0 aromatic heterocycles. The molecule has 2 aromatic rings. The summed E-state index contributed by atoms with van der Waals surface area (Å²) in [6, 6.07) is 10.6. The summed E-state index contributed by atoms with van der Waals surface area (Å²) < 4.78 is 38.7. The number of halogens is 1. The highest BCUT2D eigenvalue weighted by atomic mass is 35.5. The molecule has 3 heterocycles. The number of aryl methyl sites for hydroxylation is 1. The lowest BCUT2D eigenvalue weighted by Crippen LogP contribution is -2.67. The fourth-order valence-electron chi connectivity index (χ4n) is 7.54. The number of nitrogens with zero attached hydrogens (tertiary/aromatic N) is 3. The van der Waals surface area contributed by atoms with Gasteiger partial charge in [-0.2, -0.15) is 0 Å². The number of nitrogens with one attached hydrogen (secondary N) is 1. The van der Waals surface area contributed by atoms with Gasteiger partial charge in [-0.05, 0) is 97.7 Å². The lowest BCUT2D eigenvalue weighted by molar-refractivity contribution is -0.114. The summed E-state index contributed by atoms with van der Waals surface area (Å²) in [6.07, 6.45) is 9.41. The number of carbonyl (C=O) groups is 2. The molecule has 2 fully saturated rings. The number of ether oxygens (including phenoxy) is 3. The third-order valence-corrected chi connectivity index (χ3v) is 12.5. The molecule has 1 saturated carbocycles. The second-order valence-corrected chi connectivity index (χ2v) is 16.8. The molecule has 5 atom stereocenters. The van der Waals surface area contributed by atoms with Crippen molar-refractivity contribution in [2.24, 2.45) is 22.1 Å². The summed E-state index contributed by atoms with van der Waals surface area (Å²) in [5.74, 6) is 0.435. The minimum atomic E-state index is -3.57. The molecular weight excluding hydrogens is 680 g/mol. The number of likely N-dealkylation sites (tertiary alicyclic amines) is 1. The molecular formula is C37H49ClN4O7S. The summed E-state index contributed by atoms with van der Waals surface area (Å²) in [4.78, 5) is 30.8. The van der Waals surface area contributed by atoms with Crippen LogP contribution in [0.5, 0.6) is 5.75 Å². The van der Waals surface area contributed by atoms with Crippen LogP contribution in [0.2, 0.25) is 5.02 Å². The Balaban J connectivity index is 1.40. The lowest BCUT2D eigenvalue weighted by Gasteiger charge is -2.45. The number of aliphatic hydroxyl groups is 1. The van der Waals surface area contributed by atoms with Gasteiger partial charge >= 0.3 is 6.03 Å². The van der Waals surface area contributed by atoms with Gasteiger partial charge in [0.05, 0.1) is 43.8 Å². The largest absolute Gasteiger partial charge is 0.491 e. The zero-order chi connectivity index (χ0) is 35.5. The number of rotatable bonds is 4. The van der Waals surface area contributed by atoms with Crippen LogP contribution in [0.25, 0.3) is 0 Å². The molecule has 3 amide bonds. The molecule has 272 valence electrons. The van der Waals surface area contributed by atoms with E-state index in [2.05, 4.69) is 26.1 Å². The van der Waals surface area contributed by atoms with Crippen molar-refractivity contribution >= 4 is 39.1 Å². The number of anilines is 1. The van der Waals surface area contributed by atoms with Crippen LogP contribution in [-0.4, -0.2) is 90.7 Å². The molecule has 1 saturated heterocycles. The van der Waals surface area contributed by atoms with E-state index < -0.39 is 27.5 Å². The predicted molar refractivity (Wildman–Crippen MR) is 194 cm³/mol. The fourth-order valence-corrected chi connectivity index (χ4v) is 9.62. The van der Waals surface area contributed by atoms with E-state index in [1.807, 2.05) is 25.1 Å². The summed E-state index contributed by atoms with van der Waals surface area (Å²) in [6.45, 7) is 3.86. The first-order chi connectivity index (χ1) is 24.0. The van der Waals surface area contributed by atoms with Crippen molar-refractivity contribution in [1.82, 2.24) is 9.62 Å². The van der Waals surface area contributed by atoms with Crippen molar-refractivity contribution in [1.29, 1.82) is 0 Å². The average molecular weight is 729 g/mol. The second-order valence-electron chi connectivity index (χ2n) is 14.4. The molecule has 6 rings (SSSR count). The molecule has 13 heteroatoms. The maximum atomic E-state index is 14.5. The van der Waals surface area contributed by atoms with Crippen LogP contribution in [-0.2, 0) is 32.4 Å². The Morgan fingerprint density at radius 2 is 1.98 bits per heavy atom. The third kappa shape index (κ3) is 8.48. The van der Waals surface area contributed by atoms with Gasteiger partial charge in [0.2, 0.25) is 0 Å². The summed E-state index contributed by atoms with van der Waals surface area (Å²) >= 11 is 6.45. The van der Waals surface area contributed by atoms with E-state index in [9.17, 15) is 18.9 Å². The predicted octanol–water partition coefficient (Wildman–Crippen LogP) is 5.62. The molecule has 50 heavy (non-hydrogen) atoms. The quantitative estimate of drug-likeness (QED) is 0.388. The Morgan fingerprint density at radius 3 is 2.72 bits per heavy atom. The number of hydrogen-bond donors (Lipinski definition) is 2. The van der Waals surface area contributed by atoms with Gasteiger partial charge in [-0.1, -0.05) is 36.7 Å². The molecule has 11 nitrogen and oxygen atoms in total. The molecule has 4 aliphatic rings. The number of urea groups is 1. The molecule has 2 aromatic carbocycles. The maximum Gasteiger partial charge on any atom is 0.330 e. The molecule has 0 radical (unpaired) electrons. The van der Waals surface area contributed by atoms with Crippen molar-refractivity contribution in [3.63, 3.8) is 0 Å². The highest BCUT2D eigenvalue weighted by Crippen LogP contribution is 2.42. The second kappa shape index (κ2) is 15.6. The maximum absolute atomic E-state index is 14.5. The highest BCUT2D eigenvalue weighted by Gasteiger charge is 2.44. The Morgan fingerprint density at radius 1 is 1.16 bits per heavy atom. The number of carbonyl (C=O) groups excluding carboxylic acids is 2. The van der Waals surface area contributed by atoms with Crippen LogP contribution in [0.1, 0.15) is 60.5 Å². The van der Waals surface area contributed by atoms with Gasteiger partial charge in [-0.3, -0.25) is 9.52 Å². The molecule has 0 spiro atoms. The fraction of sp³-hybridized carbons (Fsp3) is 0.568. The molecule has 1 aliphatic carbocycles. The van der Waals surface area contributed by atoms with E-state index in [-0.39, 0.29) is 43.0 Å². The van der Waals surface area contributed by atoms with E-state index >= 15 is 0 Å². The van der Waals surface area contributed by atoms with Crippen LogP contribution in [0.4, 0.5) is 10.5 Å². The zero-order valence-electron chi connectivity index (χ0n) is 29.1. The Labute approximate surface area is 300 Å². The lowest BCUT2D eigenvalue weighted by atomic mass is 9.70. The van der Waals surface area contributed by atoms with E-state index in [1.54, 1.807) is 25.3 Å². The molecule has 3 aliphatic heterocycles. The van der Waals surface area contributed by atoms with Crippen molar-refractivity contribution < 1.29 is 33.1 Å². The van der Waals surface area contributed by atoms with Crippen molar-refractivity contribution in [2.75, 3.05) is 57.7 Å². The van der Waals surface area contributed by atoms with Crippen LogP contribution in [0.3, 0.4) is 0 Å². The standard InChI is InChI=1S/C37H49ClN4O7S/c1-25-7-6-9-33(48-3)31-14-11-29(31)20-41-19-28-10-13-30(38)17-26(28)8-4-5-16-49-34-15-12-27(18-32(34)41)35(43)39-50(46,21-25)40-36(44)42-22-37(45,23-42)24-47-2/h6,9-10,12-13,15,17-18,25,29,31,33,45H,4-5,7-8,11,14,16,19-24H2,1-3H3,(H,39,40,43,44,46)/b9-6+/t25-,29-,31+,33-,50?/m0/s1. The van der Waals surface area contributed by atoms with Gasteiger partial charge in [0.15, 0.2) is 0 Å². The number of methoxy groups -OCH3 is 2. The minimum Gasteiger partial charge on any atom is -0.491 e. The first-order valence-corrected chi connectivity index (χ1v) is 19.6. The van der Waals surface area contributed by atoms with E-state index in [1.165, 1.54) is 23.1 Å². The molecule has 2 N–H and O–H groups in total. The summed E-state index contributed by atoms with van der Waals surface area (Å²) in [5, 5.41) is 11.2.